The van der Waals surface area contributed by atoms with Crippen LogP contribution in [-0.4, -0.2) is 5.16 Å². The molecule has 3 rings (SSSR count). The van der Waals surface area contributed by atoms with Crippen LogP contribution in [0.1, 0.15) is 5.56 Å². The maximum atomic E-state index is 5.28. The van der Waals surface area contributed by atoms with Crippen LogP contribution in [0, 0.1) is 6.92 Å². The zero-order valence-corrected chi connectivity index (χ0v) is 8.97. The molecule has 0 bridgehead atoms. The van der Waals surface area contributed by atoms with Crippen LogP contribution in [0.5, 0.6) is 0 Å². The van der Waals surface area contributed by atoms with Gasteiger partial charge in [-0.2, -0.15) is 0 Å². The maximum Gasteiger partial charge on any atom is 0.167 e. The third kappa shape index (κ3) is 1.39. The summed E-state index contributed by atoms with van der Waals surface area (Å²) < 4.78 is 5.28. The molecule has 0 saturated heterocycles. The summed E-state index contributed by atoms with van der Waals surface area (Å²) in [6.07, 6.45) is 0. The van der Waals surface area contributed by atoms with E-state index in [1.807, 2.05) is 24.3 Å². The van der Waals surface area contributed by atoms with Gasteiger partial charge in [-0.1, -0.05) is 47.1 Å². The summed E-state index contributed by atoms with van der Waals surface area (Å²) in [5.41, 5.74) is 4.08. The zero-order chi connectivity index (χ0) is 11.0. The van der Waals surface area contributed by atoms with Crippen molar-refractivity contribution in [3.05, 3.63) is 54.1 Å². The van der Waals surface area contributed by atoms with Crippen LogP contribution in [0.2, 0.25) is 0 Å². The lowest BCUT2D eigenvalue weighted by Crippen LogP contribution is -1.78. The Labute approximate surface area is 93.5 Å². The Hall–Kier alpha value is -2.09. The molecule has 0 aliphatic rings. The molecule has 0 fully saturated rings. The van der Waals surface area contributed by atoms with E-state index in [4.69, 9.17) is 4.52 Å². The smallest absolute Gasteiger partial charge is 0.167 e. The van der Waals surface area contributed by atoms with Crippen LogP contribution in [0.4, 0.5) is 0 Å². The van der Waals surface area contributed by atoms with E-state index >= 15 is 0 Å². The summed E-state index contributed by atoms with van der Waals surface area (Å²) in [6.45, 7) is 2.07. The molecule has 78 valence electrons. The molecule has 1 heterocycles. The SMILES string of the molecule is Cc1ccc(-c2noc3ccccc23)cc1. The number of rotatable bonds is 1. The van der Waals surface area contributed by atoms with Gasteiger partial charge in [-0.05, 0) is 19.1 Å². The largest absolute Gasteiger partial charge is 0.356 e. The molecule has 1 aromatic heterocycles. The number of aryl methyl sites for hydroxylation is 1. The molecule has 0 spiro atoms. The molecule has 2 nitrogen and oxygen atoms in total. The number of benzene rings is 2. The van der Waals surface area contributed by atoms with Crippen molar-refractivity contribution < 1.29 is 4.52 Å². The number of aromatic nitrogens is 1. The molecule has 0 aliphatic heterocycles. The van der Waals surface area contributed by atoms with Gasteiger partial charge in [-0.25, -0.2) is 0 Å². The second-order valence-electron chi connectivity index (χ2n) is 3.89. The molecule has 3 aromatic rings. The normalized spacial score (nSPS) is 10.8. The second kappa shape index (κ2) is 3.49. The van der Waals surface area contributed by atoms with Gasteiger partial charge in [0.25, 0.3) is 0 Å². The minimum absolute atomic E-state index is 0.832. The molecule has 0 atom stereocenters. The fourth-order valence-corrected chi connectivity index (χ4v) is 1.81. The lowest BCUT2D eigenvalue weighted by atomic mass is 10.1. The van der Waals surface area contributed by atoms with E-state index in [9.17, 15) is 0 Å². The topological polar surface area (TPSA) is 26.0 Å². The van der Waals surface area contributed by atoms with Crippen LogP contribution in [0.3, 0.4) is 0 Å². The van der Waals surface area contributed by atoms with Gasteiger partial charge in [-0.15, -0.1) is 0 Å². The minimum Gasteiger partial charge on any atom is -0.356 e. The zero-order valence-electron chi connectivity index (χ0n) is 8.97. The maximum absolute atomic E-state index is 5.28. The average molecular weight is 209 g/mol. The van der Waals surface area contributed by atoms with Crippen LogP contribution < -0.4 is 0 Å². The van der Waals surface area contributed by atoms with E-state index in [1.165, 1.54) is 5.56 Å². The van der Waals surface area contributed by atoms with Crippen molar-refractivity contribution in [2.45, 2.75) is 6.92 Å². The number of hydrogen-bond acceptors (Lipinski definition) is 2. The van der Waals surface area contributed by atoms with Gasteiger partial charge >= 0.3 is 0 Å². The first-order chi connectivity index (χ1) is 7.84. The van der Waals surface area contributed by atoms with Crippen molar-refractivity contribution in [2.24, 2.45) is 0 Å². The molecular weight excluding hydrogens is 198 g/mol. The van der Waals surface area contributed by atoms with Crippen LogP contribution >= 0.6 is 0 Å². The Kier molecular flexibility index (Phi) is 2.00. The quantitative estimate of drug-likeness (QED) is 0.609. The third-order valence-electron chi connectivity index (χ3n) is 2.70. The molecule has 2 heteroatoms. The van der Waals surface area contributed by atoms with Gasteiger partial charge in [0.15, 0.2) is 5.58 Å². The summed E-state index contributed by atoms with van der Waals surface area (Å²) in [4.78, 5) is 0. The van der Waals surface area contributed by atoms with Gasteiger partial charge < -0.3 is 4.52 Å². The van der Waals surface area contributed by atoms with Crippen molar-refractivity contribution in [3.8, 4) is 11.3 Å². The van der Waals surface area contributed by atoms with Crippen molar-refractivity contribution in [1.82, 2.24) is 5.16 Å². The fraction of sp³-hybridized carbons (Fsp3) is 0.0714. The standard InChI is InChI=1S/C14H11NO/c1-10-6-8-11(9-7-10)14-12-4-2-3-5-13(12)16-15-14/h2-9H,1H3. The Morgan fingerprint density at radius 2 is 1.69 bits per heavy atom. The molecule has 0 aliphatic carbocycles. The summed E-state index contributed by atoms with van der Waals surface area (Å²) in [5, 5.41) is 5.18. The first-order valence-corrected chi connectivity index (χ1v) is 5.26. The second-order valence-corrected chi connectivity index (χ2v) is 3.89. The van der Waals surface area contributed by atoms with E-state index in [0.717, 1.165) is 22.2 Å². The van der Waals surface area contributed by atoms with Gasteiger partial charge in [0.1, 0.15) is 5.69 Å². The summed E-state index contributed by atoms with van der Waals surface area (Å²) >= 11 is 0. The molecule has 0 unspecified atom stereocenters. The Morgan fingerprint density at radius 1 is 0.938 bits per heavy atom. The average Bonchev–Trinajstić information content (AvgIpc) is 2.74. The van der Waals surface area contributed by atoms with Gasteiger partial charge in [0.2, 0.25) is 0 Å². The predicted molar refractivity (Wildman–Crippen MR) is 64.2 cm³/mol. The molecule has 0 radical (unpaired) electrons. The van der Waals surface area contributed by atoms with Crippen molar-refractivity contribution in [3.63, 3.8) is 0 Å². The highest BCUT2D eigenvalue weighted by Crippen LogP contribution is 2.27. The lowest BCUT2D eigenvalue weighted by Gasteiger charge is -1.97. The minimum atomic E-state index is 0.832. The Balaban J connectivity index is 2.22. The van der Waals surface area contributed by atoms with Gasteiger partial charge in [0, 0.05) is 10.9 Å². The molecule has 2 aromatic carbocycles. The van der Waals surface area contributed by atoms with Gasteiger partial charge in [0.05, 0.1) is 0 Å². The molecule has 0 saturated carbocycles. The highest BCUT2D eigenvalue weighted by molar-refractivity contribution is 5.91. The fourth-order valence-electron chi connectivity index (χ4n) is 1.81. The Bertz CT molecular complexity index is 623. The number of nitrogens with zero attached hydrogens (tertiary/aromatic N) is 1. The van der Waals surface area contributed by atoms with E-state index < -0.39 is 0 Å². The van der Waals surface area contributed by atoms with E-state index in [2.05, 4.69) is 36.3 Å². The first-order valence-electron chi connectivity index (χ1n) is 5.26. The monoisotopic (exact) mass is 209 g/mol. The van der Waals surface area contributed by atoms with Crippen LogP contribution in [0.15, 0.2) is 53.1 Å². The Morgan fingerprint density at radius 3 is 2.50 bits per heavy atom. The van der Waals surface area contributed by atoms with Crippen molar-refractivity contribution >= 4 is 11.0 Å². The van der Waals surface area contributed by atoms with Crippen LogP contribution in [-0.2, 0) is 0 Å². The van der Waals surface area contributed by atoms with Gasteiger partial charge in [-0.3, -0.25) is 0 Å². The number of para-hydroxylation sites is 1. The predicted octanol–water partition coefficient (Wildman–Crippen LogP) is 3.80. The third-order valence-corrected chi connectivity index (χ3v) is 2.70. The summed E-state index contributed by atoms with van der Waals surface area (Å²) in [7, 11) is 0. The first kappa shape index (κ1) is 9.16. The van der Waals surface area contributed by atoms with E-state index in [0.29, 0.717) is 0 Å². The molecular formula is C14H11NO. The molecule has 0 N–H and O–H groups in total. The number of fused-ring (bicyclic) bond motifs is 1. The summed E-state index contributed by atoms with van der Waals surface area (Å²) in [5.74, 6) is 0. The van der Waals surface area contributed by atoms with Crippen LogP contribution in [0.25, 0.3) is 22.2 Å². The summed E-state index contributed by atoms with van der Waals surface area (Å²) in [6, 6.07) is 16.2. The molecule has 0 amide bonds. The van der Waals surface area contributed by atoms with E-state index in [-0.39, 0.29) is 0 Å². The van der Waals surface area contributed by atoms with E-state index in [1.54, 1.807) is 0 Å². The molecule has 16 heavy (non-hydrogen) atoms. The number of hydrogen-bond donors (Lipinski definition) is 0. The highest BCUT2D eigenvalue weighted by atomic mass is 16.5. The van der Waals surface area contributed by atoms with Crippen molar-refractivity contribution in [1.29, 1.82) is 0 Å². The van der Waals surface area contributed by atoms with Crippen molar-refractivity contribution in [2.75, 3.05) is 0 Å². The lowest BCUT2D eigenvalue weighted by molar-refractivity contribution is 0.459. The highest BCUT2D eigenvalue weighted by Gasteiger charge is 2.08.